The van der Waals surface area contributed by atoms with Gasteiger partial charge in [0.05, 0.1) is 11.7 Å². The molecular weight excluding hydrogens is 176 g/mol. The van der Waals surface area contributed by atoms with E-state index < -0.39 is 5.60 Å². The lowest BCUT2D eigenvalue weighted by Gasteiger charge is -2.17. The standard InChI is InChI=1S/2C6H14O/c1-4-6(3,7)5-2;1-4-5(2)6(3)7/h7H,4-5H2,1-3H3;5-7H,4H2,1-3H3. The Hall–Kier alpha value is -0.0800. The van der Waals surface area contributed by atoms with Gasteiger partial charge in [0, 0.05) is 0 Å². The van der Waals surface area contributed by atoms with Crippen LogP contribution in [0.2, 0.25) is 0 Å². The van der Waals surface area contributed by atoms with Crippen LogP contribution in [-0.4, -0.2) is 21.9 Å². The van der Waals surface area contributed by atoms with E-state index in [0.717, 1.165) is 19.3 Å². The molecule has 0 saturated carbocycles. The van der Waals surface area contributed by atoms with Gasteiger partial charge >= 0.3 is 0 Å². The molecule has 0 aliphatic heterocycles. The minimum absolute atomic E-state index is 0.134. The van der Waals surface area contributed by atoms with Crippen molar-refractivity contribution in [1.29, 1.82) is 0 Å². The molecule has 0 aromatic heterocycles. The van der Waals surface area contributed by atoms with E-state index in [-0.39, 0.29) is 6.10 Å². The zero-order valence-corrected chi connectivity index (χ0v) is 10.7. The van der Waals surface area contributed by atoms with Crippen LogP contribution in [0.15, 0.2) is 0 Å². The molecule has 88 valence electrons. The van der Waals surface area contributed by atoms with Crippen LogP contribution in [0.4, 0.5) is 0 Å². The first-order valence-electron chi connectivity index (χ1n) is 5.71. The lowest BCUT2D eigenvalue weighted by Crippen LogP contribution is -2.20. The maximum atomic E-state index is 9.13. The predicted molar refractivity (Wildman–Crippen MR) is 62.3 cm³/mol. The fraction of sp³-hybridized carbons (Fsp3) is 1.00. The Morgan fingerprint density at radius 2 is 1.43 bits per heavy atom. The van der Waals surface area contributed by atoms with Crippen LogP contribution < -0.4 is 0 Å². The fourth-order valence-electron chi connectivity index (χ4n) is 0.591. The Bertz CT molecular complexity index is 113. The van der Waals surface area contributed by atoms with Gasteiger partial charge in [-0.05, 0) is 32.6 Å². The van der Waals surface area contributed by atoms with E-state index >= 15 is 0 Å². The first-order valence-corrected chi connectivity index (χ1v) is 5.71. The number of rotatable bonds is 4. The third-order valence-electron chi connectivity index (χ3n) is 2.99. The van der Waals surface area contributed by atoms with Crippen molar-refractivity contribution in [3.63, 3.8) is 0 Å². The molecule has 0 radical (unpaired) electrons. The van der Waals surface area contributed by atoms with Crippen molar-refractivity contribution < 1.29 is 10.2 Å². The van der Waals surface area contributed by atoms with Gasteiger partial charge < -0.3 is 10.2 Å². The van der Waals surface area contributed by atoms with Crippen LogP contribution >= 0.6 is 0 Å². The highest BCUT2D eigenvalue weighted by atomic mass is 16.3. The molecule has 2 N–H and O–H groups in total. The van der Waals surface area contributed by atoms with Crippen LogP contribution in [0.1, 0.15) is 60.8 Å². The average molecular weight is 204 g/mol. The second-order valence-corrected chi connectivity index (χ2v) is 4.33. The van der Waals surface area contributed by atoms with Gasteiger partial charge in [0.1, 0.15) is 0 Å². The molecule has 2 atom stereocenters. The summed E-state index contributed by atoms with van der Waals surface area (Å²) in [7, 11) is 0. The Kier molecular flexibility index (Phi) is 9.63. The second kappa shape index (κ2) is 8.25. The highest BCUT2D eigenvalue weighted by molar-refractivity contribution is 4.65. The normalized spacial score (nSPS) is 15.4. The van der Waals surface area contributed by atoms with Crippen molar-refractivity contribution in [1.82, 2.24) is 0 Å². The van der Waals surface area contributed by atoms with Gasteiger partial charge in [-0.2, -0.15) is 0 Å². The SMILES string of the molecule is CCC(C)(O)CC.CCC(C)C(C)O. The van der Waals surface area contributed by atoms with Gasteiger partial charge in [0.25, 0.3) is 0 Å². The van der Waals surface area contributed by atoms with Crippen LogP contribution in [0.3, 0.4) is 0 Å². The number of hydrogen-bond donors (Lipinski definition) is 2. The molecule has 0 aliphatic rings. The van der Waals surface area contributed by atoms with Gasteiger partial charge in [-0.1, -0.05) is 34.1 Å². The van der Waals surface area contributed by atoms with Crippen molar-refractivity contribution in [3.05, 3.63) is 0 Å². The summed E-state index contributed by atoms with van der Waals surface area (Å²) in [5.41, 5.74) is -0.417. The molecule has 0 bridgehead atoms. The van der Waals surface area contributed by atoms with Crippen molar-refractivity contribution in [2.45, 2.75) is 72.5 Å². The smallest absolute Gasteiger partial charge is 0.0614 e. The Morgan fingerprint density at radius 3 is 1.43 bits per heavy atom. The van der Waals surface area contributed by atoms with Gasteiger partial charge in [-0.25, -0.2) is 0 Å². The Morgan fingerprint density at radius 1 is 1.07 bits per heavy atom. The Labute approximate surface area is 89.3 Å². The molecule has 0 rings (SSSR count). The van der Waals surface area contributed by atoms with E-state index in [1.165, 1.54) is 0 Å². The van der Waals surface area contributed by atoms with Crippen molar-refractivity contribution >= 4 is 0 Å². The second-order valence-electron chi connectivity index (χ2n) is 4.33. The van der Waals surface area contributed by atoms with E-state index in [2.05, 4.69) is 6.92 Å². The van der Waals surface area contributed by atoms with E-state index in [4.69, 9.17) is 10.2 Å². The molecule has 0 amide bonds. The maximum Gasteiger partial charge on any atom is 0.0614 e. The topological polar surface area (TPSA) is 40.5 Å². The summed E-state index contributed by atoms with van der Waals surface area (Å²) in [5, 5.41) is 18.0. The highest BCUT2D eigenvalue weighted by Crippen LogP contribution is 2.11. The van der Waals surface area contributed by atoms with Gasteiger partial charge in [0.15, 0.2) is 0 Å². The maximum absolute atomic E-state index is 9.13. The lowest BCUT2D eigenvalue weighted by molar-refractivity contribution is 0.0521. The zero-order chi connectivity index (χ0) is 11.8. The third kappa shape index (κ3) is 10.0. The van der Waals surface area contributed by atoms with Crippen LogP contribution in [0.5, 0.6) is 0 Å². The third-order valence-corrected chi connectivity index (χ3v) is 2.99. The number of aliphatic hydroxyl groups excluding tert-OH is 1. The zero-order valence-electron chi connectivity index (χ0n) is 10.7. The number of hydrogen-bond acceptors (Lipinski definition) is 2. The van der Waals surface area contributed by atoms with Crippen LogP contribution in [0, 0.1) is 5.92 Å². The van der Waals surface area contributed by atoms with Gasteiger partial charge in [0.2, 0.25) is 0 Å². The molecule has 0 fully saturated rings. The van der Waals surface area contributed by atoms with Crippen LogP contribution in [0.25, 0.3) is 0 Å². The van der Waals surface area contributed by atoms with E-state index in [1.54, 1.807) is 0 Å². The summed E-state index contributed by atoms with van der Waals surface area (Å²) in [6.45, 7) is 11.8. The quantitative estimate of drug-likeness (QED) is 0.739. The highest BCUT2D eigenvalue weighted by Gasteiger charge is 2.12. The molecule has 14 heavy (non-hydrogen) atoms. The first kappa shape index (κ1) is 16.4. The molecule has 0 heterocycles. The van der Waals surface area contributed by atoms with E-state index in [9.17, 15) is 0 Å². The minimum Gasteiger partial charge on any atom is -0.393 e. The molecule has 2 heteroatoms. The predicted octanol–water partition coefficient (Wildman–Crippen LogP) is 2.97. The summed E-state index contributed by atoms with van der Waals surface area (Å²) in [6.07, 6.45) is 2.63. The summed E-state index contributed by atoms with van der Waals surface area (Å²) >= 11 is 0. The minimum atomic E-state index is -0.417. The first-order chi connectivity index (χ1) is 6.30. The molecule has 2 unspecified atom stereocenters. The molecule has 0 spiro atoms. The van der Waals surface area contributed by atoms with Crippen LogP contribution in [-0.2, 0) is 0 Å². The fourth-order valence-corrected chi connectivity index (χ4v) is 0.591. The summed E-state index contributed by atoms with van der Waals surface area (Å²) in [5.74, 6) is 0.458. The molecule has 2 nitrogen and oxygen atoms in total. The molecule has 0 aliphatic carbocycles. The lowest BCUT2D eigenvalue weighted by atomic mass is 10.0. The van der Waals surface area contributed by atoms with Crippen molar-refractivity contribution in [2.75, 3.05) is 0 Å². The molecular formula is C12H28O2. The molecule has 0 aromatic rings. The average Bonchev–Trinajstić information content (AvgIpc) is 2.17. The van der Waals surface area contributed by atoms with E-state index in [1.807, 2.05) is 34.6 Å². The monoisotopic (exact) mass is 204 g/mol. The molecule has 0 aromatic carbocycles. The summed E-state index contributed by atoms with van der Waals surface area (Å²) < 4.78 is 0. The summed E-state index contributed by atoms with van der Waals surface area (Å²) in [4.78, 5) is 0. The van der Waals surface area contributed by atoms with Crippen molar-refractivity contribution in [2.24, 2.45) is 5.92 Å². The Balaban J connectivity index is 0. The summed E-state index contributed by atoms with van der Waals surface area (Å²) in [6, 6.07) is 0. The van der Waals surface area contributed by atoms with Crippen molar-refractivity contribution in [3.8, 4) is 0 Å². The van der Waals surface area contributed by atoms with E-state index in [0.29, 0.717) is 5.92 Å². The van der Waals surface area contributed by atoms with Gasteiger partial charge in [-0.3, -0.25) is 0 Å². The number of aliphatic hydroxyl groups is 2. The molecule has 0 saturated heterocycles. The largest absolute Gasteiger partial charge is 0.393 e. The van der Waals surface area contributed by atoms with Gasteiger partial charge in [-0.15, -0.1) is 0 Å².